The summed E-state index contributed by atoms with van der Waals surface area (Å²) in [4.78, 5) is 14.2. The number of aliphatic hydroxyl groups is 1. The Kier molecular flexibility index (Phi) is 5.03. The van der Waals surface area contributed by atoms with E-state index in [9.17, 15) is 5.11 Å². The fourth-order valence-electron chi connectivity index (χ4n) is 5.53. The van der Waals surface area contributed by atoms with Crippen molar-refractivity contribution in [3.05, 3.63) is 16.8 Å². The molecule has 0 spiro atoms. The van der Waals surface area contributed by atoms with Gasteiger partial charge >= 0.3 is 0 Å². The molecule has 1 saturated carbocycles. The van der Waals surface area contributed by atoms with E-state index in [1.165, 1.54) is 41.5 Å². The van der Waals surface area contributed by atoms with Gasteiger partial charge in [0, 0.05) is 28.9 Å². The van der Waals surface area contributed by atoms with Gasteiger partial charge in [-0.25, -0.2) is 9.97 Å². The molecule has 2 aliphatic carbocycles. The van der Waals surface area contributed by atoms with Crippen molar-refractivity contribution in [3.8, 4) is 0 Å². The summed E-state index contributed by atoms with van der Waals surface area (Å²) < 4.78 is 0. The zero-order valence-electron chi connectivity index (χ0n) is 16.8. The number of hydrogen-bond donors (Lipinski definition) is 3. The fraction of sp³-hybridized carbons (Fsp3) is 0.714. The van der Waals surface area contributed by atoms with Gasteiger partial charge in [0.1, 0.15) is 17.0 Å². The van der Waals surface area contributed by atoms with Crippen LogP contribution in [-0.2, 0) is 6.42 Å². The van der Waals surface area contributed by atoms with Crippen LogP contribution in [0.1, 0.15) is 54.9 Å². The summed E-state index contributed by atoms with van der Waals surface area (Å²) >= 11 is 1.82. The van der Waals surface area contributed by atoms with Crippen molar-refractivity contribution in [2.45, 2.75) is 75.1 Å². The molecule has 0 amide bonds. The second-order valence-electron chi connectivity index (χ2n) is 8.94. The molecule has 3 N–H and O–H groups in total. The molecule has 3 heterocycles. The Balaban J connectivity index is 1.43. The van der Waals surface area contributed by atoms with Crippen molar-refractivity contribution in [3.63, 3.8) is 0 Å². The second kappa shape index (κ2) is 7.52. The molecule has 2 fully saturated rings. The first-order chi connectivity index (χ1) is 13.6. The number of aryl methyl sites for hydroxylation is 1. The van der Waals surface area contributed by atoms with Crippen LogP contribution in [0.5, 0.6) is 0 Å². The number of nitrogens with zero attached hydrogens (tertiary/aromatic N) is 3. The number of aliphatic hydroxyl groups excluding tert-OH is 1. The van der Waals surface area contributed by atoms with Gasteiger partial charge in [0.25, 0.3) is 0 Å². The Bertz CT molecular complexity index is 845. The number of fused-ring (bicyclic) bond motifs is 3. The summed E-state index contributed by atoms with van der Waals surface area (Å²) in [5.41, 5.74) is 1.41. The van der Waals surface area contributed by atoms with Gasteiger partial charge in [-0.2, -0.15) is 0 Å². The van der Waals surface area contributed by atoms with E-state index in [0.717, 1.165) is 36.5 Å². The third-order valence-electron chi connectivity index (χ3n) is 7.09. The van der Waals surface area contributed by atoms with Gasteiger partial charge in [0.15, 0.2) is 0 Å². The molecule has 0 radical (unpaired) electrons. The fourth-order valence-corrected chi connectivity index (χ4v) is 6.76. The summed E-state index contributed by atoms with van der Waals surface area (Å²) in [5, 5.41) is 19.0. The summed E-state index contributed by atoms with van der Waals surface area (Å²) in [7, 11) is 4.37. The number of anilines is 1. The number of hydrogen-bond acceptors (Lipinski definition) is 7. The molecule has 3 atom stereocenters. The summed E-state index contributed by atoms with van der Waals surface area (Å²) in [6.07, 6.45) is 9.39. The summed E-state index contributed by atoms with van der Waals surface area (Å²) in [5.74, 6) is 1.38. The molecular formula is C21H31N5OS. The number of thiophene rings is 1. The van der Waals surface area contributed by atoms with Crippen molar-refractivity contribution in [1.82, 2.24) is 20.2 Å². The molecule has 1 aliphatic heterocycles. The van der Waals surface area contributed by atoms with E-state index in [1.54, 1.807) is 6.33 Å². The highest BCUT2D eigenvalue weighted by Gasteiger charge is 2.39. The Morgan fingerprint density at radius 1 is 1.14 bits per heavy atom. The lowest BCUT2D eigenvalue weighted by molar-refractivity contribution is 0.147. The van der Waals surface area contributed by atoms with Gasteiger partial charge in [-0.3, -0.25) is 0 Å². The highest BCUT2D eigenvalue weighted by molar-refractivity contribution is 7.19. The van der Waals surface area contributed by atoms with E-state index < -0.39 is 0 Å². The highest BCUT2D eigenvalue weighted by Crippen LogP contribution is 2.48. The topological polar surface area (TPSA) is 73.3 Å². The van der Waals surface area contributed by atoms with E-state index in [4.69, 9.17) is 0 Å². The molecule has 7 heteroatoms. The van der Waals surface area contributed by atoms with Crippen LogP contribution < -0.4 is 10.6 Å². The van der Waals surface area contributed by atoms with Gasteiger partial charge < -0.3 is 20.6 Å². The average Bonchev–Trinajstić information content (AvgIpc) is 3.37. The maximum atomic E-state index is 10.5. The predicted octanol–water partition coefficient (Wildman–Crippen LogP) is 2.73. The van der Waals surface area contributed by atoms with E-state index >= 15 is 0 Å². The standard InChI is InChI=1S/C21H31N5OS/c1-26(2)13-5-3-12(4-6-13)25-20-18-17-14(19-15(27)9-10-22-19)7-8-16(17)28-21(18)24-11-23-20/h11-15,19,22,27H,3-10H2,1-2H3,(H,23,24,25)/t12?,13?,14?,15-,19?/m0/s1. The molecule has 1 saturated heterocycles. The van der Waals surface area contributed by atoms with Crippen LogP contribution in [-0.4, -0.2) is 64.8 Å². The summed E-state index contributed by atoms with van der Waals surface area (Å²) in [6.45, 7) is 0.913. The first-order valence-corrected chi connectivity index (χ1v) is 11.5. The molecule has 28 heavy (non-hydrogen) atoms. The summed E-state index contributed by atoms with van der Waals surface area (Å²) in [6, 6.07) is 1.36. The van der Waals surface area contributed by atoms with E-state index in [1.807, 2.05) is 11.3 Å². The zero-order valence-corrected chi connectivity index (χ0v) is 17.6. The van der Waals surface area contributed by atoms with Gasteiger partial charge in [0.05, 0.1) is 11.5 Å². The zero-order chi connectivity index (χ0) is 19.3. The quantitative estimate of drug-likeness (QED) is 0.732. The smallest absolute Gasteiger partial charge is 0.138 e. The average molecular weight is 402 g/mol. The Morgan fingerprint density at radius 2 is 1.96 bits per heavy atom. The maximum absolute atomic E-state index is 10.5. The maximum Gasteiger partial charge on any atom is 0.138 e. The highest BCUT2D eigenvalue weighted by atomic mass is 32.1. The Hall–Kier alpha value is -1.28. The lowest BCUT2D eigenvalue weighted by Gasteiger charge is -2.33. The molecular weight excluding hydrogens is 370 g/mol. The molecule has 6 nitrogen and oxygen atoms in total. The molecule has 3 aliphatic rings. The minimum atomic E-state index is -0.242. The van der Waals surface area contributed by atoms with Crippen LogP contribution in [0.4, 0.5) is 5.82 Å². The normalized spacial score (nSPS) is 32.9. The third kappa shape index (κ3) is 3.22. The predicted molar refractivity (Wildman–Crippen MR) is 114 cm³/mol. The monoisotopic (exact) mass is 401 g/mol. The Morgan fingerprint density at radius 3 is 2.68 bits per heavy atom. The number of aromatic nitrogens is 2. The van der Waals surface area contributed by atoms with Gasteiger partial charge in [0.2, 0.25) is 0 Å². The second-order valence-corrected chi connectivity index (χ2v) is 10.0. The van der Waals surface area contributed by atoms with Crippen LogP contribution >= 0.6 is 11.3 Å². The van der Waals surface area contributed by atoms with Gasteiger partial charge in [-0.15, -0.1) is 11.3 Å². The van der Waals surface area contributed by atoms with Gasteiger partial charge in [-0.1, -0.05) is 0 Å². The molecule has 0 aromatic carbocycles. The van der Waals surface area contributed by atoms with Crippen LogP contribution in [0.25, 0.3) is 10.2 Å². The van der Waals surface area contributed by atoms with Crippen molar-refractivity contribution < 1.29 is 5.11 Å². The molecule has 5 rings (SSSR count). The van der Waals surface area contributed by atoms with Crippen molar-refractivity contribution >= 4 is 27.4 Å². The van der Waals surface area contributed by atoms with Crippen LogP contribution in [0.2, 0.25) is 0 Å². The van der Waals surface area contributed by atoms with E-state index in [2.05, 4.69) is 39.6 Å². The van der Waals surface area contributed by atoms with Crippen LogP contribution in [0.3, 0.4) is 0 Å². The molecule has 0 bridgehead atoms. The SMILES string of the molecule is CN(C)C1CCC(Nc2ncnc3sc4c(c23)C(C2NCC[C@@H]2O)CC4)CC1. The number of rotatable bonds is 4. The van der Waals surface area contributed by atoms with Crippen molar-refractivity contribution in [1.29, 1.82) is 0 Å². The van der Waals surface area contributed by atoms with Crippen LogP contribution in [0, 0.1) is 0 Å². The van der Waals surface area contributed by atoms with Crippen molar-refractivity contribution in [2.24, 2.45) is 0 Å². The minimum absolute atomic E-state index is 0.169. The molecule has 2 unspecified atom stereocenters. The largest absolute Gasteiger partial charge is 0.391 e. The minimum Gasteiger partial charge on any atom is -0.391 e. The molecule has 2 aromatic heterocycles. The van der Waals surface area contributed by atoms with E-state index in [0.29, 0.717) is 18.0 Å². The van der Waals surface area contributed by atoms with Crippen molar-refractivity contribution in [2.75, 3.05) is 26.0 Å². The van der Waals surface area contributed by atoms with Crippen LogP contribution in [0.15, 0.2) is 6.33 Å². The molecule has 152 valence electrons. The number of nitrogens with one attached hydrogen (secondary N) is 2. The van der Waals surface area contributed by atoms with E-state index in [-0.39, 0.29) is 12.1 Å². The van der Waals surface area contributed by atoms with Gasteiger partial charge in [-0.05, 0) is 71.1 Å². The molecule has 2 aromatic rings. The Labute approximate surface area is 170 Å². The third-order valence-corrected chi connectivity index (χ3v) is 8.26. The first kappa shape index (κ1) is 18.7. The first-order valence-electron chi connectivity index (χ1n) is 10.7. The lowest BCUT2D eigenvalue weighted by Crippen LogP contribution is -2.36. The lowest BCUT2D eigenvalue weighted by atomic mass is 9.89.